The second kappa shape index (κ2) is 9.22. The van der Waals surface area contributed by atoms with Crippen molar-refractivity contribution in [3.8, 4) is 11.5 Å². The van der Waals surface area contributed by atoms with E-state index >= 15 is 0 Å². The number of nitrogens with zero attached hydrogens (tertiary/aromatic N) is 1. The molecule has 6 nitrogen and oxygen atoms in total. The number of anilines is 2. The fraction of sp³-hybridized carbons (Fsp3) is 0.207. The van der Waals surface area contributed by atoms with Gasteiger partial charge >= 0.3 is 0 Å². The predicted octanol–water partition coefficient (Wildman–Crippen LogP) is 5.89. The zero-order valence-electron chi connectivity index (χ0n) is 19.7. The van der Waals surface area contributed by atoms with Gasteiger partial charge in [0.25, 0.3) is 5.91 Å². The number of para-hydroxylation sites is 1. The number of carbonyl (C=O) groups is 3. The van der Waals surface area contributed by atoms with Gasteiger partial charge in [-0.15, -0.1) is 0 Å². The Hall–Kier alpha value is -4.19. The summed E-state index contributed by atoms with van der Waals surface area (Å²) in [6.45, 7) is 3.98. The first kappa shape index (κ1) is 22.6. The molecular weight excluding hydrogens is 440 g/mol. The van der Waals surface area contributed by atoms with Crippen LogP contribution in [0, 0.1) is 18.8 Å². The second-order valence-electron chi connectivity index (χ2n) is 9.11. The lowest BCUT2D eigenvalue weighted by Gasteiger charge is -2.18. The fourth-order valence-corrected chi connectivity index (χ4v) is 4.66. The first-order chi connectivity index (χ1) is 16.9. The van der Waals surface area contributed by atoms with Gasteiger partial charge in [0.1, 0.15) is 11.5 Å². The van der Waals surface area contributed by atoms with Crippen LogP contribution in [0.1, 0.15) is 35.7 Å². The first-order valence-corrected chi connectivity index (χ1v) is 11.7. The van der Waals surface area contributed by atoms with Crippen molar-refractivity contribution in [3.63, 3.8) is 0 Å². The molecular formula is C29H26N2O4. The van der Waals surface area contributed by atoms with Crippen LogP contribution >= 0.6 is 0 Å². The van der Waals surface area contributed by atoms with Crippen LogP contribution in [0.25, 0.3) is 0 Å². The first-order valence-electron chi connectivity index (χ1n) is 11.7. The molecule has 3 amide bonds. The predicted molar refractivity (Wildman–Crippen MR) is 135 cm³/mol. The summed E-state index contributed by atoms with van der Waals surface area (Å²) in [7, 11) is 0. The number of rotatable bonds is 5. The van der Waals surface area contributed by atoms with Gasteiger partial charge in [0.2, 0.25) is 11.8 Å². The lowest BCUT2D eigenvalue weighted by Crippen LogP contribution is -2.30. The van der Waals surface area contributed by atoms with Crippen LogP contribution in [0.5, 0.6) is 11.5 Å². The van der Waals surface area contributed by atoms with E-state index < -0.39 is 0 Å². The van der Waals surface area contributed by atoms with E-state index in [-0.39, 0.29) is 29.6 Å². The minimum Gasteiger partial charge on any atom is -0.457 e. The van der Waals surface area contributed by atoms with E-state index in [1.165, 1.54) is 4.90 Å². The zero-order chi connectivity index (χ0) is 24.5. The molecule has 3 aromatic carbocycles. The van der Waals surface area contributed by atoms with Crippen LogP contribution in [0.2, 0.25) is 0 Å². The molecule has 1 heterocycles. The molecule has 0 saturated carbocycles. The molecule has 0 bridgehead atoms. The molecule has 6 heteroatoms. The lowest BCUT2D eigenvalue weighted by molar-refractivity contribution is -0.122. The third-order valence-electron chi connectivity index (χ3n) is 6.64. The summed E-state index contributed by atoms with van der Waals surface area (Å²) in [5, 5.41) is 2.86. The third kappa shape index (κ3) is 4.47. The number of carbonyl (C=O) groups excluding carboxylic acids is 3. The van der Waals surface area contributed by atoms with Gasteiger partial charge in [0.05, 0.1) is 17.5 Å². The Labute approximate surface area is 204 Å². The van der Waals surface area contributed by atoms with E-state index in [0.29, 0.717) is 35.5 Å². The molecule has 35 heavy (non-hydrogen) atoms. The van der Waals surface area contributed by atoms with Gasteiger partial charge in [-0.1, -0.05) is 29.8 Å². The maximum Gasteiger partial charge on any atom is 0.255 e. The highest BCUT2D eigenvalue weighted by atomic mass is 16.5. The molecule has 1 aliphatic carbocycles. The van der Waals surface area contributed by atoms with E-state index in [1.807, 2.05) is 44.2 Å². The highest BCUT2D eigenvalue weighted by Gasteiger charge is 2.48. The molecule has 0 aromatic heterocycles. The number of allylic oxidation sites excluding steroid dienone is 2. The lowest BCUT2D eigenvalue weighted by atomic mass is 9.82. The van der Waals surface area contributed by atoms with Crippen LogP contribution in [0.15, 0.2) is 84.4 Å². The number of fused-ring (bicyclic) bond motifs is 1. The topological polar surface area (TPSA) is 75.7 Å². The minimum atomic E-state index is -0.285. The van der Waals surface area contributed by atoms with Gasteiger partial charge in [-0.2, -0.15) is 0 Å². The summed E-state index contributed by atoms with van der Waals surface area (Å²) in [5.74, 6) is 0.293. The number of nitrogens with one attached hydrogen (secondary N) is 1. The SMILES string of the molecule is CC1=CC[C@@H]2C(=O)N(c3ccc(C(=O)Nc4ccc(Oc5ccccc5C)cc4)cc3)C(=O)[C@@H]2C1. The van der Waals surface area contributed by atoms with E-state index in [9.17, 15) is 14.4 Å². The Morgan fingerprint density at radius 3 is 2.29 bits per heavy atom. The van der Waals surface area contributed by atoms with Gasteiger partial charge in [-0.25, -0.2) is 0 Å². The Morgan fingerprint density at radius 2 is 1.57 bits per heavy atom. The van der Waals surface area contributed by atoms with Crippen molar-refractivity contribution >= 4 is 29.1 Å². The highest BCUT2D eigenvalue weighted by Crippen LogP contribution is 2.39. The largest absolute Gasteiger partial charge is 0.457 e. The van der Waals surface area contributed by atoms with E-state index in [4.69, 9.17) is 4.74 Å². The Balaban J connectivity index is 1.24. The summed E-state index contributed by atoms with van der Waals surface area (Å²) < 4.78 is 5.90. The number of hydrogen-bond acceptors (Lipinski definition) is 4. The van der Waals surface area contributed by atoms with Gasteiger partial charge in [-0.3, -0.25) is 19.3 Å². The molecule has 0 radical (unpaired) electrons. The Bertz CT molecular complexity index is 1330. The normalized spacial score (nSPS) is 19.3. The summed E-state index contributed by atoms with van der Waals surface area (Å²) in [6, 6.07) is 21.5. The second-order valence-corrected chi connectivity index (χ2v) is 9.11. The number of imide groups is 1. The van der Waals surface area contributed by atoms with Gasteiger partial charge in [0.15, 0.2) is 0 Å². The summed E-state index contributed by atoms with van der Waals surface area (Å²) in [5.41, 5.74) is 3.75. The van der Waals surface area contributed by atoms with Gasteiger partial charge in [0, 0.05) is 11.3 Å². The molecule has 2 atom stereocenters. The summed E-state index contributed by atoms with van der Waals surface area (Å²) in [4.78, 5) is 39.8. The van der Waals surface area contributed by atoms with Crippen LogP contribution in [-0.4, -0.2) is 17.7 Å². The molecule has 1 aliphatic heterocycles. The maximum absolute atomic E-state index is 12.9. The number of ether oxygens (including phenoxy) is 1. The number of amides is 3. The molecule has 1 N–H and O–H groups in total. The molecule has 1 saturated heterocycles. The molecule has 1 fully saturated rings. The van der Waals surface area contributed by atoms with Crippen LogP contribution < -0.4 is 15.0 Å². The van der Waals surface area contributed by atoms with E-state index in [1.54, 1.807) is 48.5 Å². The van der Waals surface area contributed by atoms with Crippen molar-refractivity contribution in [2.45, 2.75) is 26.7 Å². The van der Waals surface area contributed by atoms with E-state index in [0.717, 1.165) is 16.9 Å². The van der Waals surface area contributed by atoms with Crippen molar-refractivity contribution < 1.29 is 19.1 Å². The molecule has 0 unspecified atom stereocenters. The zero-order valence-corrected chi connectivity index (χ0v) is 19.7. The van der Waals surface area contributed by atoms with Crippen molar-refractivity contribution in [3.05, 3.63) is 95.6 Å². The van der Waals surface area contributed by atoms with Crippen molar-refractivity contribution in [2.24, 2.45) is 11.8 Å². The van der Waals surface area contributed by atoms with Gasteiger partial charge in [-0.05, 0) is 86.8 Å². The summed E-state index contributed by atoms with van der Waals surface area (Å²) >= 11 is 0. The van der Waals surface area contributed by atoms with Crippen LogP contribution in [0.4, 0.5) is 11.4 Å². The van der Waals surface area contributed by atoms with E-state index in [2.05, 4.69) is 5.32 Å². The van der Waals surface area contributed by atoms with Crippen molar-refractivity contribution in [1.82, 2.24) is 0 Å². The maximum atomic E-state index is 12.9. The molecule has 2 aliphatic rings. The smallest absolute Gasteiger partial charge is 0.255 e. The van der Waals surface area contributed by atoms with Crippen molar-refractivity contribution in [2.75, 3.05) is 10.2 Å². The van der Waals surface area contributed by atoms with Crippen molar-refractivity contribution in [1.29, 1.82) is 0 Å². The Morgan fingerprint density at radius 1 is 0.886 bits per heavy atom. The standard InChI is InChI=1S/C29H26N2O4/c1-18-7-16-24-25(17-18)29(34)31(28(24)33)22-12-8-20(9-13-22)27(32)30-21-10-14-23(15-11-21)35-26-6-4-3-5-19(26)2/h3-15,24-25H,16-17H2,1-2H3,(H,30,32)/t24-,25+/m0/s1. The Kier molecular flexibility index (Phi) is 5.95. The van der Waals surface area contributed by atoms with Crippen LogP contribution in [0.3, 0.4) is 0 Å². The average molecular weight is 467 g/mol. The quantitative estimate of drug-likeness (QED) is 0.376. The molecule has 5 rings (SSSR count). The minimum absolute atomic E-state index is 0.155. The van der Waals surface area contributed by atoms with Crippen LogP contribution in [-0.2, 0) is 9.59 Å². The fourth-order valence-electron chi connectivity index (χ4n) is 4.66. The molecule has 176 valence electrons. The number of benzene rings is 3. The highest BCUT2D eigenvalue weighted by molar-refractivity contribution is 6.22. The average Bonchev–Trinajstić information content (AvgIpc) is 3.11. The number of hydrogen-bond donors (Lipinski definition) is 1. The third-order valence-corrected chi connectivity index (χ3v) is 6.64. The summed E-state index contributed by atoms with van der Waals surface area (Å²) in [6.07, 6.45) is 3.28. The monoisotopic (exact) mass is 466 g/mol. The van der Waals surface area contributed by atoms with Gasteiger partial charge < -0.3 is 10.1 Å². The molecule has 0 spiro atoms. The number of aryl methyl sites for hydroxylation is 1. The molecule has 3 aromatic rings.